The molecule has 1 aromatic rings. The largest absolute Gasteiger partial charge is 0.374 e. The normalized spacial score (nSPS) is 21.5. The minimum absolute atomic E-state index is 0.0267. The average molecular weight is 386 g/mol. The number of carbonyl (C=O) groups excluding carboxylic acids is 3. The zero-order valence-electron chi connectivity index (χ0n) is 16.7. The van der Waals surface area contributed by atoms with E-state index in [9.17, 15) is 14.4 Å². The van der Waals surface area contributed by atoms with Gasteiger partial charge in [-0.1, -0.05) is 19.9 Å². The lowest BCUT2D eigenvalue weighted by Crippen LogP contribution is -2.47. The minimum atomic E-state index is -0.439. The van der Waals surface area contributed by atoms with Crippen molar-refractivity contribution in [1.29, 1.82) is 0 Å². The number of benzene rings is 1. The number of nitrogens with zero attached hydrogens (tertiary/aromatic N) is 1. The van der Waals surface area contributed by atoms with Crippen molar-refractivity contribution in [2.45, 2.75) is 45.6 Å². The van der Waals surface area contributed by atoms with Gasteiger partial charge in [0.15, 0.2) is 0 Å². The monoisotopic (exact) mass is 386 g/mol. The zero-order chi connectivity index (χ0) is 20.1. The molecule has 0 radical (unpaired) electrons. The van der Waals surface area contributed by atoms with Gasteiger partial charge in [-0.15, -0.1) is 0 Å². The van der Waals surface area contributed by atoms with Crippen LogP contribution in [0.3, 0.4) is 0 Å². The van der Waals surface area contributed by atoms with Gasteiger partial charge in [0.1, 0.15) is 6.04 Å². The fourth-order valence-corrected chi connectivity index (χ4v) is 3.90. The molecule has 1 aromatic carbocycles. The molecule has 0 bridgehead atoms. The first-order chi connectivity index (χ1) is 13.4. The summed E-state index contributed by atoms with van der Waals surface area (Å²) in [6.45, 7) is 6.86. The second-order valence-corrected chi connectivity index (χ2v) is 8.13. The van der Waals surface area contributed by atoms with E-state index in [1.165, 1.54) is 0 Å². The SMILES string of the molecule is CC(C)C1CCN(CC(=O)Nc2cccc(NC3CCC(=O)NC3=O)c2)CC1. The first-order valence-corrected chi connectivity index (χ1v) is 10.1. The molecule has 1 atom stereocenters. The highest BCUT2D eigenvalue weighted by molar-refractivity contribution is 6.01. The molecule has 3 amide bonds. The van der Waals surface area contributed by atoms with E-state index in [1.54, 1.807) is 0 Å². The smallest absolute Gasteiger partial charge is 0.249 e. The Morgan fingerprint density at radius 2 is 1.89 bits per heavy atom. The van der Waals surface area contributed by atoms with E-state index in [0.29, 0.717) is 31.0 Å². The van der Waals surface area contributed by atoms with Gasteiger partial charge in [-0.05, 0) is 62.4 Å². The van der Waals surface area contributed by atoms with Crippen molar-refractivity contribution in [2.24, 2.45) is 11.8 Å². The molecule has 3 N–H and O–H groups in total. The summed E-state index contributed by atoms with van der Waals surface area (Å²) in [5.74, 6) is 0.892. The number of amides is 3. The van der Waals surface area contributed by atoms with Crippen LogP contribution in [-0.2, 0) is 14.4 Å². The molecule has 0 saturated carbocycles. The number of imide groups is 1. The van der Waals surface area contributed by atoms with Crippen molar-refractivity contribution in [2.75, 3.05) is 30.3 Å². The number of nitrogens with one attached hydrogen (secondary N) is 3. The zero-order valence-corrected chi connectivity index (χ0v) is 16.7. The van der Waals surface area contributed by atoms with Gasteiger partial charge in [-0.3, -0.25) is 24.6 Å². The predicted octanol–water partition coefficient (Wildman–Crippen LogP) is 2.21. The minimum Gasteiger partial charge on any atom is -0.374 e. The lowest BCUT2D eigenvalue weighted by Gasteiger charge is -2.33. The average Bonchev–Trinajstić information content (AvgIpc) is 2.65. The number of hydrogen-bond donors (Lipinski definition) is 3. The van der Waals surface area contributed by atoms with Crippen LogP contribution in [0.2, 0.25) is 0 Å². The lowest BCUT2D eigenvalue weighted by atomic mass is 9.87. The Morgan fingerprint density at radius 1 is 1.18 bits per heavy atom. The first-order valence-electron chi connectivity index (χ1n) is 10.1. The van der Waals surface area contributed by atoms with Gasteiger partial charge in [-0.25, -0.2) is 0 Å². The summed E-state index contributed by atoms with van der Waals surface area (Å²) in [7, 11) is 0. The summed E-state index contributed by atoms with van der Waals surface area (Å²) < 4.78 is 0. The lowest BCUT2D eigenvalue weighted by molar-refractivity contribution is -0.133. The number of hydrogen-bond acceptors (Lipinski definition) is 5. The molecule has 0 spiro atoms. The summed E-state index contributed by atoms with van der Waals surface area (Å²) in [5, 5.41) is 8.42. The van der Waals surface area contributed by atoms with E-state index in [0.717, 1.165) is 37.5 Å². The molecule has 152 valence electrons. The molecule has 28 heavy (non-hydrogen) atoms. The van der Waals surface area contributed by atoms with Gasteiger partial charge in [-0.2, -0.15) is 0 Å². The quantitative estimate of drug-likeness (QED) is 0.652. The highest BCUT2D eigenvalue weighted by Gasteiger charge is 2.26. The number of rotatable bonds is 6. The Morgan fingerprint density at radius 3 is 2.57 bits per heavy atom. The standard InChI is InChI=1S/C21H30N4O3/c1-14(2)15-8-10-25(11-9-15)13-20(27)23-17-5-3-4-16(12-17)22-18-6-7-19(26)24-21(18)28/h3-5,12,14-15,18,22H,6-11,13H2,1-2H3,(H,23,27)(H,24,26,28). The Bertz CT molecular complexity index is 726. The van der Waals surface area contributed by atoms with Gasteiger partial charge in [0, 0.05) is 17.8 Å². The van der Waals surface area contributed by atoms with Gasteiger partial charge in [0.2, 0.25) is 17.7 Å². The summed E-state index contributed by atoms with van der Waals surface area (Å²) in [6, 6.07) is 6.88. The summed E-state index contributed by atoms with van der Waals surface area (Å²) in [5.41, 5.74) is 1.43. The molecule has 2 aliphatic heterocycles. The van der Waals surface area contributed by atoms with Crippen LogP contribution in [0.5, 0.6) is 0 Å². The number of anilines is 2. The Kier molecular flexibility index (Phi) is 6.67. The van der Waals surface area contributed by atoms with E-state index >= 15 is 0 Å². The molecule has 7 heteroatoms. The molecule has 2 heterocycles. The van der Waals surface area contributed by atoms with Crippen molar-refractivity contribution in [3.63, 3.8) is 0 Å². The first kappa shape index (κ1) is 20.3. The molecule has 0 aromatic heterocycles. The van der Waals surface area contributed by atoms with Crippen LogP contribution in [0, 0.1) is 11.8 Å². The van der Waals surface area contributed by atoms with Gasteiger partial charge < -0.3 is 10.6 Å². The third-order valence-corrected chi connectivity index (χ3v) is 5.67. The highest BCUT2D eigenvalue weighted by Crippen LogP contribution is 2.24. The molecule has 3 rings (SSSR count). The predicted molar refractivity (Wildman–Crippen MR) is 109 cm³/mol. The van der Waals surface area contributed by atoms with Crippen LogP contribution < -0.4 is 16.0 Å². The van der Waals surface area contributed by atoms with E-state index in [1.807, 2.05) is 24.3 Å². The Labute approximate surface area is 166 Å². The Balaban J connectivity index is 1.49. The third-order valence-electron chi connectivity index (χ3n) is 5.67. The summed E-state index contributed by atoms with van der Waals surface area (Å²) >= 11 is 0. The maximum absolute atomic E-state index is 12.4. The van der Waals surface area contributed by atoms with E-state index in [4.69, 9.17) is 0 Å². The van der Waals surface area contributed by atoms with Crippen LogP contribution in [0.25, 0.3) is 0 Å². The number of piperidine rings is 2. The van der Waals surface area contributed by atoms with Crippen LogP contribution in [0.1, 0.15) is 39.5 Å². The maximum atomic E-state index is 12.4. The topological polar surface area (TPSA) is 90.5 Å². The molecule has 2 fully saturated rings. The van der Waals surface area contributed by atoms with Crippen molar-refractivity contribution in [1.82, 2.24) is 10.2 Å². The molecular formula is C21H30N4O3. The van der Waals surface area contributed by atoms with Crippen molar-refractivity contribution < 1.29 is 14.4 Å². The fourth-order valence-electron chi connectivity index (χ4n) is 3.90. The molecular weight excluding hydrogens is 356 g/mol. The summed E-state index contributed by atoms with van der Waals surface area (Å²) in [4.78, 5) is 37.8. The maximum Gasteiger partial charge on any atom is 0.249 e. The summed E-state index contributed by atoms with van der Waals surface area (Å²) in [6.07, 6.45) is 3.09. The van der Waals surface area contributed by atoms with Gasteiger partial charge in [0.05, 0.1) is 6.54 Å². The number of likely N-dealkylation sites (tertiary alicyclic amines) is 1. The van der Waals surface area contributed by atoms with Crippen molar-refractivity contribution in [3.8, 4) is 0 Å². The second kappa shape index (κ2) is 9.19. The van der Waals surface area contributed by atoms with Crippen molar-refractivity contribution in [3.05, 3.63) is 24.3 Å². The van der Waals surface area contributed by atoms with Gasteiger partial charge >= 0.3 is 0 Å². The van der Waals surface area contributed by atoms with E-state index in [-0.39, 0.29) is 17.7 Å². The highest BCUT2D eigenvalue weighted by atomic mass is 16.2. The van der Waals surface area contributed by atoms with E-state index in [2.05, 4.69) is 34.7 Å². The molecule has 1 unspecified atom stereocenters. The van der Waals surface area contributed by atoms with Crippen LogP contribution >= 0.6 is 0 Å². The van der Waals surface area contributed by atoms with E-state index < -0.39 is 6.04 Å². The van der Waals surface area contributed by atoms with Crippen LogP contribution in [-0.4, -0.2) is 48.3 Å². The van der Waals surface area contributed by atoms with Gasteiger partial charge in [0.25, 0.3) is 0 Å². The number of carbonyl (C=O) groups is 3. The molecule has 2 saturated heterocycles. The molecule has 0 aliphatic carbocycles. The van der Waals surface area contributed by atoms with Crippen LogP contribution in [0.15, 0.2) is 24.3 Å². The Hall–Kier alpha value is -2.41. The molecule has 7 nitrogen and oxygen atoms in total. The second-order valence-electron chi connectivity index (χ2n) is 8.13. The van der Waals surface area contributed by atoms with Crippen molar-refractivity contribution >= 4 is 29.1 Å². The fraction of sp³-hybridized carbons (Fsp3) is 0.571. The third kappa shape index (κ3) is 5.55. The van der Waals surface area contributed by atoms with Crippen LogP contribution in [0.4, 0.5) is 11.4 Å². The molecule has 2 aliphatic rings.